The zero-order valence-electron chi connectivity index (χ0n) is 12.1. The summed E-state index contributed by atoms with van der Waals surface area (Å²) in [6.07, 6.45) is 1.52. The van der Waals surface area contributed by atoms with E-state index in [1.165, 1.54) is 12.3 Å². The molecule has 0 saturated heterocycles. The van der Waals surface area contributed by atoms with E-state index in [1.807, 2.05) is 60.7 Å². The molecule has 0 spiro atoms. The van der Waals surface area contributed by atoms with Gasteiger partial charge in [-0.2, -0.15) is 4.36 Å². The summed E-state index contributed by atoms with van der Waals surface area (Å²) in [5, 5.41) is 11.2. The molecule has 3 rings (SSSR count). The molecule has 0 radical (unpaired) electrons. The average molecular weight is 323 g/mol. The van der Waals surface area contributed by atoms with Crippen molar-refractivity contribution in [3.05, 3.63) is 89.1 Å². The van der Waals surface area contributed by atoms with Gasteiger partial charge in [0.1, 0.15) is 0 Å². The van der Waals surface area contributed by atoms with Gasteiger partial charge in [-0.3, -0.25) is 10.1 Å². The van der Waals surface area contributed by atoms with Crippen molar-refractivity contribution in [2.75, 3.05) is 0 Å². The van der Waals surface area contributed by atoms with E-state index in [0.29, 0.717) is 0 Å². The summed E-state index contributed by atoms with van der Waals surface area (Å²) in [5.41, 5.74) is -0.0862. The third-order valence-electron chi connectivity index (χ3n) is 3.07. The van der Waals surface area contributed by atoms with Crippen LogP contribution in [0.4, 0.5) is 11.5 Å². The first-order valence-corrected chi connectivity index (χ1v) is 8.09. The number of pyridine rings is 1. The topological polar surface area (TPSA) is 68.4 Å². The summed E-state index contributed by atoms with van der Waals surface area (Å²) in [6.45, 7) is 0. The molecular formula is C17H13N3O2S. The predicted octanol–water partition coefficient (Wildman–Crippen LogP) is 4.54. The van der Waals surface area contributed by atoms with Crippen molar-refractivity contribution in [3.8, 4) is 0 Å². The largest absolute Gasteiger partial charge is 0.314 e. The molecule has 114 valence electrons. The van der Waals surface area contributed by atoms with Gasteiger partial charge in [0.25, 0.3) is 0 Å². The molecule has 0 atom stereocenters. The number of hydrogen-bond acceptors (Lipinski definition) is 4. The summed E-state index contributed by atoms with van der Waals surface area (Å²) in [6, 6.07) is 22.4. The van der Waals surface area contributed by atoms with Crippen LogP contribution in [0.2, 0.25) is 0 Å². The second kappa shape index (κ2) is 6.93. The molecule has 0 fully saturated rings. The van der Waals surface area contributed by atoms with E-state index in [9.17, 15) is 10.1 Å². The lowest BCUT2D eigenvalue weighted by Gasteiger charge is -2.08. The van der Waals surface area contributed by atoms with Gasteiger partial charge in [0.2, 0.25) is 5.82 Å². The lowest BCUT2D eigenvalue weighted by atomic mass is 10.4. The maximum atomic E-state index is 11.2. The first kappa shape index (κ1) is 15.1. The highest BCUT2D eigenvalue weighted by atomic mass is 32.2. The second-order valence-electron chi connectivity index (χ2n) is 4.61. The Bertz CT molecular complexity index is 810. The SMILES string of the molecule is O=[N+]([O-])c1cccnc1N=S(c1ccccc1)c1ccccc1. The van der Waals surface area contributed by atoms with Crippen molar-refractivity contribution in [1.82, 2.24) is 4.98 Å². The first-order valence-electron chi connectivity index (χ1n) is 6.91. The summed E-state index contributed by atoms with van der Waals surface area (Å²) in [5.74, 6) is 0.147. The van der Waals surface area contributed by atoms with Crippen LogP contribution in [0.15, 0.2) is 93.1 Å². The van der Waals surface area contributed by atoms with Gasteiger partial charge in [0.15, 0.2) is 0 Å². The van der Waals surface area contributed by atoms with Gasteiger partial charge in [-0.05, 0) is 41.0 Å². The molecule has 0 bridgehead atoms. The van der Waals surface area contributed by atoms with E-state index in [1.54, 1.807) is 6.07 Å². The summed E-state index contributed by atoms with van der Waals surface area (Å²) in [4.78, 5) is 16.8. The molecule has 2 aromatic carbocycles. The molecule has 1 aromatic heterocycles. The molecular weight excluding hydrogens is 310 g/mol. The molecule has 23 heavy (non-hydrogen) atoms. The van der Waals surface area contributed by atoms with Gasteiger partial charge in [-0.25, -0.2) is 4.98 Å². The second-order valence-corrected chi connectivity index (χ2v) is 6.30. The fraction of sp³-hybridized carbons (Fsp3) is 0. The Kier molecular flexibility index (Phi) is 4.54. The average Bonchev–Trinajstić information content (AvgIpc) is 2.61. The minimum Gasteiger partial charge on any atom is -0.258 e. The Morgan fingerprint density at radius 3 is 1.96 bits per heavy atom. The summed E-state index contributed by atoms with van der Waals surface area (Å²) >= 11 is 0. The van der Waals surface area contributed by atoms with Gasteiger partial charge in [-0.15, -0.1) is 0 Å². The Morgan fingerprint density at radius 2 is 1.43 bits per heavy atom. The molecule has 0 aliphatic heterocycles. The third-order valence-corrected chi connectivity index (χ3v) is 4.87. The van der Waals surface area contributed by atoms with Crippen LogP contribution in [-0.4, -0.2) is 9.91 Å². The molecule has 0 saturated carbocycles. The minimum atomic E-state index is -0.671. The molecule has 0 unspecified atom stereocenters. The zero-order chi connectivity index (χ0) is 16.1. The highest BCUT2D eigenvalue weighted by Gasteiger charge is 2.15. The summed E-state index contributed by atoms with van der Waals surface area (Å²) in [7, 11) is -0.671. The smallest absolute Gasteiger partial charge is 0.258 e. The monoisotopic (exact) mass is 323 g/mol. The summed E-state index contributed by atoms with van der Waals surface area (Å²) < 4.78 is 4.60. The van der Waals surface area contributed by atoms with Crippen molar-refractivity contribution in [3.63, 3.8) is 0 Å². The lowest BCUT2D eigenvalue weighted by Crippen LogP contribution is -1.95. The van der Waals surface area contributed by atoms with Crippen molar-refractivity contribution < 1.29 is 4.92 Å². The normalized spacial score (nSPS) is 10.5. The molecule has 1 heterocycles. The van der Waals surface area contributed by atoms with E-state index < -0.39 is 15.6 Å². The number of hydrogen-bond donors (Lipinski definition) is 0. The van der Waals surface area contributed by atoms with Crippen LogP contribution in [0.1, 0.15) is 0 Å². The van der Waals surface area contributed by atoms with Crippen LogP contribution in [0, 0.1) is 10.1 Å². The highest BCUT2D eigenvalue weighted by Crippen LogP contribution is 2.28. The first-order chi connectivity index (χ1) is 11.3. The quantitative estimate of drug-likeness (QED) is 0.523. The maximum Gasteiger partial charge on any atom is 0.314 e. The molecule has 0 aliphatic carbocycles. The van der Waals surface area contributed by atoms with Crippen LogP contribution in [0.25, 0.3) is 0 Å². The van der Waals surface area contributed by atoms with E-state index in [-0.39, 0.29) is 11.5 Å². The number of nitrogens with zero attached hydrogens (tertiary/aromatic N) is 3. The van der Waals surface area contributed by atoms with Crippen molar-refractivity contribution in [2.24, 2.45) is 4.36 Å². The fourth-order valence-electron chi connectivity index (χ4n) is 2.03. The molecule has 0 amide bonds. The predicted molar refractivity (Wildman–Crippen MR) is 89.8 cm³/mol. The van der Waals surface area contributed by atoms with Crippen LogP contribution < -0.4 is 0 Å². The van der Waals surface area contributed by atoms with Crippen LogP contribution >= 0.6 is 0 Å². The van der Waals surface area contributed by atoms with Crippen LogP contribution in [0.3, 0.4) is 0 Å². The standard InChI is InChI=1S/C17H13N3O2S/c21-20(22)16-12-7-13-18-17(16)19-23(14-8-3-1-4-9-14)15-10-5-2-6-11-15/h1-13H. The Labute approximate surface area is 135 Å². The van der Waals surface area contributed by atoms with Crippen molar-refractivity contribution in [2.45, 2.75) is 9.79 Å². The van der Waals surface area contributed by atoms with E-state index in [4.69, 9.17) is 0 Å². The molecule has 5 nitrogen and oxygen atoms in total. The number of nitro groups is 1. The van der Waals surface area contributed by atoms with Gasteiger partial charge >= 0.3 is 5.69 Å². The van der Waals surface area contributed by atoms with E-state index >= 15 is 0 Å². The van der Waals surface area contributed by atoms with Crippen molar-refractivity contribution >= 4 is 22.2 Å². The van der Waals surface area contributed by atoms with Gasteiger partial charge < -0.3 is 0 Å². The number of benzene rings is 2. The molecule has 6 heteroatoms. The van der Waals surface area contributed by atoms with Crippen molar-refractivity contribution in [1.29, 1.82) is 0 Å². The Morgan fingerprint density at radius 1 is 0.870 bits per heavy atom. The third kappa shape index (κ3) is 3.49. The molecule has 0 aliphatic rings. The fourth-order valence-corrected chi connectivity index (χ4v) is 3.65. The van der Waals surface area contributed by atoms with Crippen LogP contribution in [0.5, 0.6) is 0 Å². The molecule has 0 N–H and O–H groups in total. The Hall–Kier alpha value is -2.86. The number of rotatable bonds is 4. The lowest BCUT2D eigenvalue weighted by molar-refractivity contribution is -0.384. The Balaban J connectivity index is 2.19. The van der Waals surface area contributed by atoms with Gasteiger partial charge in [0.05, 0.1) is 4.92 Å². The highest BCUT2D eigenvalue weighted by molar-refractivity contribution is 7.87. The maximum absolute atomic E-state index is 11.2. The minimum absolute atomic E-state index is 0.0862. The number of aromatic nitrogens is 1. The zero-order valence-corrected chi connectivity index (χ0v) is 12.9. The molecule has 3 aromatic rings. The van der Waals surface area contributed by atoms with Gasteiger partial charge in [0, 0.05) is 22.1 Å². The van der Waals surface area contributed by atoms with Gasteiger partial charge in [-0.1, -0.05) is 36.4 Å². The van der Waals surface area contributed by atoms with E-state index in [0.717, 1.165) is 9.79 Å². The van der Waals surface area contributed by atoms with E-state index in [2.05, 4.69) is 9.35 Å². The van der Waals surface area contributed by atoms with Crippen LogP contribution in [-0.2, 0) is 10.7 Å².